The van der Waals surface area contributed by atoms with E-state index in [1.54, 1.807) is 22.3 Å². The van der Waals surface area contributed by atoms with Gasteiger partial charge in [0.05, 0.1) is 0 Å². The van der Waals surface area contributed by atoms with E-state index in [1.807, 2.05) is 0 Å². The molecule has 3 aliphatic carbocycles. The lowest BCUT2D eigenvalue weighted by Gasteiger charge is -2.31. The van der Waals surface area contributed by atoms with Crippen LogP contribution in [0.15, 0.2) is 22.3 Å². The molecule has 3 rings (SSSR count). The van der Waals surface area contributed by atoms with Gasteiger partial charge in [-0.1, -0.05) is 42.6 Å². The van der Waals surface area contributed by atoms with Gasteiger partial charge in [-0.2, -0.15) is 0 Å². The van der Waals surface area contributed by atoms with Crippen molar-refractivity contribution >= 4 is 0 Å². The van der Waals surface area contributed by atoms with E-state index >= 15 is 0 Å². The van der Waals surface area contributed by atoms with Crippen molar-refractivity contribution < 1.29 is 0 Å². The van der Waals surface area contributed by atoms with E-state index < -0.39 is 0 Å². The van der Waals surface area contributed by atoms with Crippen LogP contribution in [-0.2, 0) is 0 Å². The third-order valence-electron chi connectivity index (χ3n) is 7.55. The number of allylic oxidation sites excluding steroid dienone is 4. The van der Waals surface area contributed by atoms with E-state index in [1.165, 1.54) is 25.7 Å². The Morgan fingerprint density at radius 3 is 1.35 bits per heavy atom. The lowest BCUT2D eigenvalue weighted by atomic mass is 9.73. The van der Waals surface area contributed by atoms with Gasteiger partial charge in [-0.25, -0.2) is 0 Å². The van der Waals surface area contributed by atoms with Gasteiger partial charge >= 0.3 is 0 Å². The molecule has 6 atom stereocenters. The number of hydrogen-bond acceptors (Lipinski definition) is 0. The van der Waals surface area contributed by atoms with Gasteiger partial charge in [0.1, 0.15) is 0 Å². The first-order valence-electron chi connectivity index (χ1n) is 8.78. The summed E-state index contributed by atoms with van der Waals surface area (Å²) in [6, 6.07) is 0. The topological polar surface area (TPSA) is 0 Å². The van der Waals surface area contributed by atoms with Crippen molar-refractivity contribution in [1.29, 1.82) is 0 Å². The molecule has 4 bridgehead atoms. The van der Waals surface area contributed by atoms with Crippen LogP contribution in [0.2, 0.25) is 0 Å². The van der Waals surface area contributed by atoms with Crippen molar-refractivity contribution in [2.75, 3.05) is 0 Å². The molecule has 3 aliphatic rings. The first-order valence-corrected chi connectivity index (χ1v) is 8.78. The van der Waals surface area contributed by atoms with Crippen LogP contribution in [0.3, 0.4) is 0 Å². The number of rotatable bonds is 0. The number of hydrogen-bond donors (Lipinski definition) is 0. The fraction of sp³-hybridized carbons (Fsp3) is 0.800. The second-order valence-electron chi connectivity index (χ2n) is 8.04. The second-order valence-corrected chi connectivity index (χ2v) is 8.04. The first-order chi connectivity index (χ1) is 9.43. The van der Waals surface area contributed by atoms with E-state index in [9.17, 15) is 0 Å². The van der Waals surface area contributed by atoms with E-state index in [-0.39, 0.29) is 0 Å². The van der Waals surface area contributed by atoms with E-state index in [0.717, 1.165) is 35.5 Å². The summed E-state index contributed by atoms with van der Waals surface area (Å²) in [5.74, 6) is 5.24. The van der Waals surface area contributed by atoms with Crippen LogP contribution in [-0.4, -0.2) is 0 Å². The molecular formula is C20H32. The summed E-state index contributed by atoms with van der Waals surface area (Å²) in [5.41, 5.74) is 6.97. The summed E-state index contributed by atoms with van der Waals surface area (Å²) in [5, 5.41) is 0. The number of fused-ring (bicyclic) bond motifs is 4. The first kappa shape index (κ1) is 14.4. The molecule has 0 N–H and O–H groups in total. The van der Waals surface area contributed by atoms with Gasteiger partial charge in [0, 0.05) is 0 Å². The maximum atomic E-state index is 2.53. The van der Waals surface area contributed by atoms with Gasteiger partial charge in [0.25, 0.3) is 0 Å². The third kappa shape index (κ3) is 1.94. The molecule has 0 heteroatoms. The highest BCUT2D eigenvalue weighted by atomic mass is 14.5. The van der Waals surface area contributed by atoms with Crippen LogP contribution in [0.5, 0.6) is 0 Å². The molecule has 20 heavy (non-hydrogen) atoms. The standard InChI is InChI=1S/C20H32/c1-11-13(3)19-10-20-14(4)12(2)18(16(20)6)9-7-8-17(11)15(19)5/h15-20H,7-10H2,1-6H3/t15?,16?,17-,18?,19-,20-/m1/s1. The van der Waals surface area contributed by atoms with Gasteiger partial charge < -0.3 is 0 Å². The molecule has 0 nitrogen and oxygen atoms in total. The minimum atomic E-state index is 0.854. The molecule has 0 aromatic rings. The zero-order valence-corrected chi connectivity index (χ0v) is 14.3. The van der Waals surface area contributed by atoms with Crippen molar-refractivity contribution in [2.24, 2.45) is 35.5 Å². The maximum absolute atomic E-state index is 2.53. The fourth-order valence-corrected chi connectivity index (χ4v) is 5.88. The predicted molar refractivity (Wildman–Crippen MR) is 87.5 cm³/mol. The van der Waals surface area contributed by atoms with Crippen molar-refractivity contribution in [3.8, 4) is 0 Å². The molecular weight excluding hydrogens is 240 g/mol. The van der Waals surface area contributed by atoms with Crippen molar-refractivity contribution in [3.05, 3.63) is 22.3 Å². The molecule has 3 unspecified atom stereocenters. The summed E-state index contributed by atoms with van der Waals surface area (Å²) in [6.07, 6.45) is 5.71. The second kappa shape index (κ2) is 5.04. The normalized spacial score (nSPS) is 45.3. The molecule has 0 heterocycles. The highest BCUT2D eigenvalue weighted by molar-refractivity contribution is 5.29. The Morgan fingerprint density at radius 1 is 0.600 bits per heavy atom. The average molecular weight is 272 g/mol. The molecule has 1 saturated carbocycles. The quantitative estimate of drug-likeness (QED) is 0.475. The largest absolute Gasteiger partial charge is 0.0707 e. The minimum Gasteiger partial charge on any atom is -0.0707 e. The Morgan fingerprint density at radius 2 is 0.950 bits per heavy atom. The van der Waals surface area contributed by atoms with Crippen molar-refractivity contribution in [2.45, 2.75) is 67.2 Å². The Labute approximate surface area is 125 Å². The van der Waals surface area contributed by atoms with Crippen molar-refractivity contribution in [3.63, 3.8) is 0 Å². The molecule has 0 saturated heterocycles. The van der Waals surface area contributed by atoms with Crippen LogP contribution < -0.4 is 0 Å². The van der Waals surface area contributed by atoms with E-state index in [2.05, 4.69) is 41.5 Å². The molecule has 0 aliphatic heterocycles. The van der Waals surface area contributed by atoms with Crippen LogP contribution in [0.25, 0.3) is 0 Å². The zero-order chi connectivity index (χ0) is 14.6. The smallest absolute Gasteiger partial charge is 0.0166 e. The molecule has 0 aromatic carbocycles. The van der Waals surface area contributed by atoms with Crippen LogP contribution in [0, 0.1) is 35.5 Å². The van der Waals surface area contributed by atoms with Crippen molar-refractivity contribution in [1.82, 2.24) is 0 Å². The lowest BCUT2D eigenvalue weighted by molar-refractivity contribution is 0.223. The Balaban J connectivity index is 1.97. The average Bonchev–Trinajstić information content (AvgIpc) is 2.72. The Kier molecular flexibility index (Phi) is 3.63. The highest BCUT2D eigenvalue weighted by Gasteiger charge is 2.43. The highest BCUT2D eigenvalue weighted by Crippen LogP contribution is 2.53. The summed E-state index contributed by atoms with van der Waals surface area (Å²) in [7, 11) is 0. The van der Waals surface area contributed by atoms with Gasteiger partial charge in [-0.05, 0) is 82.5 Å². The maximum Gasteiger partial charge on any atom is -0.0166 e. The lowest BCUT2D eigenvalue weighted by Crippen LogP contribution is -2.23. The zero-order valence-electron chi connectivity index (χ0n) is 14.3. The molecule has 0 amide bonds. The molecule has 1 fully saturated rings. The van der Waals surface area contributed by atoms with E-state index in [0.29, 0.717) is 0 Å². The molecule has 0 spiro atoms. The summed E-state index contributed by atoms with van der Waals surface area (Å²) in [4.78, 5) is 0. The third-order valence-corrected chi connectivity index (χ3v) is 7.55. The van der Waals surface area contributed by atoms with E-state index in [4.69, 9.17) is 0 Å². The SMILES string of the molecule is CC1=C(C)[C@H]2C[C@@H]3C(C)=C(C)[C@@H](CCCC1C2C)C3C. The summed E-state index contributed by atoms with van der Waals surface area (Å²) in [6.45, 7) is 14.8. The van der Waals surface area contributed by atoms with Gasteiger partial charge in [-0.3, -0.25) is 0 Å². The minimum absolute atomic E-state index is 0.854. The molecule has 0 aromatic heterocycles. The fourth-order valence-electron chi connectivity index (χ4n) is 5.88. The van der Waals surface area contributed by atoms with Crippen LogP contribution in [0.1, 0.15) is 67.2 Å². The van der Waals surface area contributed by atoms with Crippen LogP contribution >= 0.6 is 0 Å². The Bertz CT molecular complexity index is 422. The molecule has 0 radical (unpaired) electrons. The van der Waals surface area contributed by atoms with Gasteiger partial charge in [-0.15, -0.1) is 0 Å². The molecule has 112 valence electrons. The van der Waals surface area contributed by atoms with Crippen LogP contribution in [0.4, 0.5) is 0 Å². The van der Waals surface area contributed by atoms with Gasteiger partial charge in [0.15, 0.2) is 0 Å². The predicted octanol–water partition coefficient (Wildman–Crippen LogP) is 6.00. The Hall–Kier alpha value is -0.520. The summed E-state index contributed by atoms with van der Waals surface area (Å²) < 4.78 is 0. The monoisotopic (exact) mass is 272 g/mol. The summed E-state index contributed by atoms with van der Waals surface area (Å²) >= 11 is 0. The van der Waals surface area contributed by atoms with Gasteiger partial charge in [0.2, 0.25) is 0 Å².